The molecule has 0 aromatic carbocycles. The third-order valence-corrected chi connectivity index (χ3v) is 3.15. The molecular formula is C12H20N4O. The summed E-state index contributed by atoms with van der Waals surface area (Å²) in [7, 11) is 0. The van der Waals surface area contributed by atoms with Crippen LogP contribution in [0.3, 0.4) is 0 Å². The number of aromatic nitrogens is 2. The number of nitrogens with zero attached hydrogens (tertiary/aromatic N) is 2. The lowest BCUT2D eigenvalue weighted by Crippen LogP contribution is -2.39. The average Bonchev–Trinajstić information content (AvgIpc) is 2.63. The fraction of sp³-hybridized carbons (Fsp3) is 0.667. The Balaban J connectivity index is 2.23. The van der Waals surface area contributed by atoms with E-state index >= 15 is 0 Å². The maximum Gasteiger partial charge on any atom is 0.247 e. The molecule has 0 spiro atoms. The summed E-state index contributed by atoms with van der Waals surface area (Å²) < 4.78 is 1.91. The molecule has 0 saturated carbocycles. The van der Waals surface area contributed by atoms with Gasteiger partial charge >= 0.3 is 0 Å². The van der Waals surface area contributed by atoms with E-state index in [4.69, 9.17) is 0 Å². The third-order valence-electron chi connectivity index (χ3n) is 3.15. The minimum atomic E-state index is -0.121. The number of unbranched alkanes of at least 4 members (excludes halogenated alkanes) is 1. The molecule has 1 atom stereocenters. The zero-order valence-electron chi connectivity index (χ0n) is 10.7. The van der Waals surface area contributed by atoms with Crippen LogP contribution in [0.2, 0.25) is 0 Å². The molecule has 0 saturated heterocycles. The molecule has 1 aromatic heterocycles. The smallest absolute Gasteiger partial charge is 0.247 e. The van der Waals surface area contributed by atoms with Crippen molar-refractivity contribution in [1.82, 2.24) is 9.78 Å². The van der Waals surface area contributed by atoms with E-state index in [9.17, 15) is 4.79 Å². The molecule has 17 heavy (non-hydrogen) atoms. The summed E-state index contributed by atoms with van der Waals surface area (Å²) in [6, 6.07) is -0.121. The second-order valence-corrected chi connectivity index (χ2v) is 4.45. The van der Waals surface area contributed by atoms with Gasteiger partial charge in [0.2, 0.25) is 5.91 Å². The maximum atomic E-state index is 11.9. The highest BCUT2D eigenvalue weighted by Crippen LogP contribution is 2.30. The first kappa shape index (κ1) is 12.0. The summed E-state index contributed by atoms with van der Waals surface area (Å²) in [5.41, 5.74) is 1.71. The van der Waals surface area contributed by atoms with E-state index in [1.54, 1.807) is 0 Å². The van der Waals surface area contributed by atoms with Gasteiger partial charge in [-0.1, -0.05) is 19.8 Å². The fourth-order valence-electron chi connectivity index (χ4n) is 2.16. The van der Waals surface area contributed by atoms with E-state index in [0.717, 1.165) is 43.0 Å². The molecule has 0 aliphatic carbocycles. The van der Waals surface area contributed by atoms with Gasteiger partial charge in [0.15, 0.2) is 0 Å². The van der Waals surface area contributed by atoms with Crippen LogP contribution in [0, 0.1) is 6.92 Å². The number of carbonyl (C=O) groups is 1. The van der Waals surface area contributed by atoms with Gasteiger partial charge in [-0.25, -0.2) is 4.68 Å². The van der Waals surface area contributed by atoms with Crippen molar-refractivity contribution in [3.05, 3.63) is 5.69 Å². The number of aryl methyl sites for hydroxylation is 2. The van der Waals surface area contributed by atoms with Crippen molar-refractivity contribution in [3.8, 4) is 0 Å². The first-order valence-corrected chi connectivity index (χ1v) is 6.32. The van der Waals surface area contributed by atoms with Crippen molar-refractivity contribution in [3.63, 3.8) is 0 Å². The van der Waals surface area contributed by atoms with Crippen LogP contribution in [0.5, 0.6) is 0 Å². The standard InChI is InChI=1S/C12H20N4O/c1-4-6-7-9-12(17)14-10-8(3)15-16(5-2)11(10)13-9/h9,13H,4-7H2,1-3H3,(H,14,17). The van der Waals surface area contributed by atoms with Gasteiger partial charge in [-0.15, -0.1) is 0 Å². The zero-order valence-corrected chi connectivity index (χ0v) is 10.7. The van der Waals surface area contributed by atoms with Crippen LogP contribution >= 0.6 is 0 Å². The zero-order chi connectivity index (χ0) is 12.4. The molecule has 0 bridgehead atoms. The lowest BCUT2D eigenvalue weighted by atomic mass is 10.1. The van der Waals surface area contributed by atoms with Gasteiger partial charge in [0, 0.05) is 6.54 Å². The summed E-state index contributed by atoms with van der Waals surface area (Å²) in [6.07, 6.45) is 3.03. The van der Waals surface area contributed by atoms with Crippen LogP contribution in [0.1, 0.15) is 38.8 Å². The van der Waals surface area contributed by atoms with Crippen molar-refractivity contribution in [2.75, 3.05) is 10.6 Å². The molecule has 2 N–H and O–H groups in total. The van der Waals surface area contributed by atoms with Gasteiger partial charge in [-0.2, -0.15) is 5.10 Å². The Kier molecular flexibility index (Phi) is 3.36. The minimum Gasteiger partial charge on any atom is -0.357 e. The van der Waals surface area contributed by atoms with Crippen LogP contribution in [-0.2, 0) is 11.3 Å². The van der Waals surface area contributed by atoms with Crippen molar-refractivity contribution in [2.24, 2.45) is 0 Å². The third kappa shape index (κ3) is 2.14. The second kappa shape index (κ2) is 4.77. The van der Waals surface area contributed by atoms with Gasteiger partial charge in [-0.3, -0.25) is 4.79 Å². The predicted molar refractivity (Wildman–Crippen MR) is 68.2 cm³/mol. The van der Waals surface area contributed by atoms with Crippen LogP contribution in [0.15, 0.2) is 0 Å². The van der Waals surface area contributed by atoms with Gasteiger partial charge in [0.25, 0.3) is 0 Å². The number of fused-ring (bicyclic) bond motifs is 1. The number of hydrogen-bond donors (Lipinski definition) is 2. The molecule has 5 nitrogen and oxygen atoms in total. The molecule has 5 heteroatoms. The first-order chi connectivity index (χ1) is 8.17. The average molecular weight is 236 g/mol. The maximum absolute atomic E-state index is 11.9. The highest BCUT2D eigenvalue weighted by molar-refractivity contribution is 6.02. The number of carbonyl (C=O) groups excluding carboxylic acids is 1. The highest BCUT2D eigenvalue weighted by atomic mass is 16.2. The highest BCUT2D eigenvalue weighted by Gasteiger charge is 2.29. The van der Waals surface area contributed by atoms with Crippen molar-refractivity contribution in [1.29, 1.82) is 0 Å². The monoisotopic (exact) mass is 236 g/mol. The Hall–Kier alpha value is -1.52. The lowest BCUT2D eigenvalue weighted by molar-refractivity contribution is -0.117. The topological polar surface area (TPSA) is 59.0 Å². The quantitative estimate of drug-likeness (QED) is 0.842. The van der Waals surface area contributed by atoms with Crippen LogP contribution < -0.4 is 10.6 Å². The molecule has 1 aliphatic rings. The van der Waals surface area contributed by atoms with E-state index in [1.807, 2.05) is 18.5 Å². The molecule has 94 valence electrons. The van der Waals surface area contributed by atoms with Gasteiger partial charge in [0.1, 0.15) is 17.5 Å². The number of anilines is 2. The number of hydrogen-bond acceptors (Lipinski definition) is 3. The SMILES string of the molecule is CCCCC1Nc2c(c(C)nn2CC)NC1=O. The summed E-state index contributed by atoms with van der Waals surface area (Å²) >= 11 is 0. The number of rotatable bonds is 4. The summed E-state index contributed by atoms with van der Waals surface area (Å²) in [5, 5.41) is 10.7. The van der Waals surface area contributed by atoms with Crippen LogP contribution in [0.4, 0.5) is 11.5 Å². The normalized spacial score (nSPS) is 18.5. The summed E-state index contributed by atoms with van der Waals surface area (Å²) in [5.74, 6) is 1.01. The fourth-order valence-corrected chi connectivity index (χ4v) is 2.16. The summed E-state index contributed by atoms with van der Waals surface area (Å²) in [4.78, 5) is 11.9. The minimum absolute atomic E-state index is 0.0599. The molecule has 0 fully saturated rings. The van der Waals surface area contributed by atoms with E-state index in [0.29, 0.717) is 0 Å². The molecule has 2 heterocycles. The molecule has 1 amide bonds. The predicted octanol–water partition coefficient (Wildman–Crippen LogP) is 2.13. The van der Waals surface area contributed by atoms with Crippen molar-refractivity contribution < 1.29 is 4.79 Å². The van der Waals surface area contributed by atoms with Gasteiger partial charge < -0.3 is 10.6 Å². The van der Waals surface area contributed by atoms with Gasteiger partial charge in [0.05, 0.1) is 5.69 Å². The van der Waals surface area contributed by atoms with Crippen molar-refractivity contribution >= 4 is 17.4 Å². The van der Waals surface area contributed by atoms with Crippen LogP contribution in [-0.4, -0.2) is 21.7 Å². The van der Waals surface area contributed by atoms with E-state index in [1.165, 1.54) is 0 Å². The number of nitrogens with one attached hydrogen (secondary N) is 2. The lowest BCUT2D eigenvalue weighted by Gasteiger charge is -2.25. The summed E-state index contributed by atoms with van der Waals surface area (Å²) in [6.45, 7) is 6.90. The Morgan fingerprint density at radius 1 is 1.41 bits per heavy atom. The Morgan fingerprint density at radius 3 is 2.82 bits per heavy atom. The van der Waals surface area contributed by atoms with E-state index < -0.39 is 0 Å². The second-order valence-electron chi connectivity index (χ2n) is 4.45. The molecule has 0 radical (unpaired) electrons. The molecule has 1 unspecified atom stereocenters. The Bertz CT molecular complexity index is 424. The largest absolute Gasteiger partial charge is 0.357 e. The van der Waals surface area contributed by atoms with Crippen LogP contribution in [0.25, 0.3) is 0 Å². The molecular weight excluding hydrogens is 216 g/mol. The van der Waals surface area contributed by atoms with Gasteiger partial charge in [-0.05, 0) is 20.3 Å². The molecule has 1 aromatic rings. The molecule has 2 rings (SSSR count). The number of amides is 1. The van der Waals surface area contributed by atoms with Crippen molar-refractivity contribution in [2.45, 2.75) is 52.6 Å². The van der Waals surface area contributed by atoms with E-state index in [-0.39, 0.29) is 11.9 Å². The Labute approximate surface area is 102 Å². The molecule has 1 aliphatic heterocycles. The first-order valence-electron chi connectivity index (χ1n) is 6.32. The van der Waals surface area contributed by atoms with E-state index in [2.05, 4.69) is 22.7 Å². The Morgan fingerprint density at radius 2 is 2.18 bits per heavy atom.